The molecule has 216 valence electrons. The van der Waals surface area contributed by atoms with Crippen LogP contribution < -0.4 is 0 Å². The van der Waals surface area contributed by atoms with Crippen LogP contribution >= 0.6 is 0 Å². The van der Waals surface area contributed by atoms with Crippen LogP contribution in [0.4, 0.5) is 31.1 Å². The Bertz CT molecular complexity index is 1380. The number of sulfone groups is 1. The van der Waals surface area contributed by atoms with Gasteiger partial charge in [-0.1, -0.05) is 0 Å². The molecule has 0 unspecified atom stereocenters. The van der Waals surface area contributed by atoms with Gasteiger partial charge in [-0.05, 0) is 55.5 Å². The summed E-state index contributed by atoms with van der Waals surface area (Å²) in [4.78, 5) is 12.7. The first-order valence-corrected chi connectivity index (χ1v) is 13.4. The molecule has 40 heavy (non-hydrogen) atoms. The Morgan fingerprint density at radius 3 is 1.98 bits per heavy atom. The highest BCUT2D eigenvalue weighted by molar-refractivity contribution is 7.91. The fraction of sp³-hybridized carbons (Fsp3) is 0.435. The number of rotatable bonds is 7. The molecule has 0 bridgehead atoms. The van der Waals surface area contributed by atoms with E-state index < -0.39 is 34.4 Å². The molecule has 1 aliphatic heterocycles. The Hall–Kier alpha value is -3.76. The third-order valence-corrected chi connectivity index (χ3v) is 7.97. The van der Waals surface area contributed by atoms with Crippen LogP contribution in [0, 0.1) is 5.92 Å². The van der Waals surface area contributed by atoms with E-state index in [9.17, 15) is 39.6 Å². The molecule has 1 aliphatic rings. The number of piperidine rings is 1. The Labute approximate surface area is 223 Å². The Balaban J connectivity index is 1.28. The van der Waals surface area contributed by atoms with E-state index in [0.717, 1.165) is 4.90 Å². The Kier molecular flexibility index (Phi) is 8.32. The summed E-state index contributed by atoms with van der Waals surface area (Å²) in [7, 11) is -3.71. The molecule has 2 aromatic heterocycles. The fourth-order valence-electron chi connectivity index (χ4n) is 4.00. The molecule has 17 heteroatoms. The number of likely N-dealkylation sites (tertiary alicyclic amines) is 1. The number of carbonyl (C=O) groups is 1. The molecule has 0 spiro atoms. The summed E-state index contributed by atoms with van der Waals surface area (Å²) in [6.45, 7) is -0.329. The first-order valence-electron chi connectivity index (χ1n) is 11.8. The van der Waals surface area contributed by atoms with Gasteiger partial charge in [-0.15, -0.1) is 20.4 Å². The number of furan rings is 1. The number of halogens is 6. The molecule has 3 aromatic rings. The third-order valence-electron chi connectivity index (χ3n) is 6.21. The second-order valence-electron chi connectivity index (χ2n) is 8.97. The maximum absolute atomic E-state index is 12.8. The first kappa shape index (κ1) is 29.2. The van der Waals surface area contributed by atoms with Crippen molar-refractivity contribution in [2.75, 3.05) is 18.8 Å². The molecule has 0 saturated carbocycles. The van der Waals surface area contributed by atoms with Crippen molar-refractivity contribution in [1.29, 1.82) is 0 Å². The van der Waals surface area contributed by atoms with Gasteiger partial charge < -0.3 is 14.1 Å². The lowest BCUT2D eigenvalue weighted by atomic mass is 9.95. The minimum absolute atomic E-state index is 0.0403. The van der Waals surface area contributed by atoms with Crippen molar-refractivity contribution < 1.29 is 48.7 Å². The van der Waals surface area contributed by atoms with Crippen molar-refractivity contribution in [3.05, 3.63) is 42.9 Å². The van der Waals surface area contributed by atoms with Crippen LogP contribution in [0.2, 0.25) is 0 Å². The lowest BCUT2D eigenvalue weighted by Crippen LogP contribution is -2.49. The average molecular weight is 594 g/mol. The summed E-state index contributed by atoms with van der Waals surface area (Å²) in [5.41, 5.74) is 1.07. The zero-order chi connectivity index (χ0) is 29.1. The zero-order valence-electron chi connectivity index (χ0n) is 20.4. The van der Waals surface area contributed by atoms with E-state index in [-0.39, 0.29) is 60.6 Å². The second-order valence-corrected chi connectivity index (χ2v) is 11.1. The van der Waals surface area contributed by atoms with Gasteiger partial charge in [0.05, 0.1) is 22.5 Å². The number of amides is 1. The summed E-state index contributed by atoms with van der Waals surface area (Å²) >= 11 is 0. The predicted molar refractivity (Wildman–Crippen MR) is 124 cm³/mol. The van der Waals surface area contributed by atoms with Crippen molar-refractivity contribution in [2.45, 2.75) is 42.6 Å². The van der Waals surface area contributed by atoms with Gasteiger partial charge >= 0.3 is 18.4 Å². The smallest absolute Gasteiger partial charge is 0.434 e. The van der Waals surface area contributed by atoms with Crippen molar-refractivity contribution >= 4 is 15.9 Å². The van der Waals surface area contributed by atoms with Crippen molar-refractivity contribution in [3.63, 3.8) is 0 Å². The van der Waals surface area contributed by atoms with Gasteiger partial charge in [0.25, 0.3) is 6.10 Å². The molecule has 1 fully saturated rings. The minimum Gasteiger partial charge on any atom is -0.472 e. The highest BCUT2D eigenvalue weighted by Crippen LogP contribution is 2.36. The number of alkyl halides is 6. The number of hydrogen-bond acceptors (Lipinski definition) is 9. The number of ether oxygens (including phenoxy) is 1. The van der Waals surface area contributed by atoms with E-state index >= 15 is 0 Å². The summed E-state index contributed by atoms with van der Waals surface area (Å²) < 4.78 is 110. The molecule has 0 atom stereocenters. The van der Waals surface area contributed by atoms with Crippen molar-refractivity contribution in [2.24, 2.45) is 5.92 Å². The number of carbonyl (C=O) groups excluding carboxylic acids is 1. The lowest BCUT2D eigenvalue weighted by Gasteiger charge is -2.33. The Morgan fingerprint density at radius 2 is 1.48 bits per heavy atom. The van der Waals surface area contributed by atoms with Crippen LogP contribution in [0.15, 0.2) is 52.2 Å². The van der Waals surface area contributed by atoms with Gasteiger partial charge in [0, 0.05) is 18.7 Å². The molecular weight excluding hydrogens is 572 g/mol. The van der Waals surface area contributed by atoms with Gasteiger partial charge in [0.15, 0.2) is 9.84 Å². The van der Waals surface area contributed by atoms with Gasteiger partial charge in [-0.25, -0.2) is 13.2 Å². The average Bonchev–Trinajstić information content (AvgIpc) is 3.45. The summed E-state index contributed by atoms with van der Waals surface area (Å²) in [5.74, 6) is -0.0204. The maximum atomic E-state index is 12.8. The SMILES string of the molecule is O=C(OC(C(F)(F)F)C(F)(F)F)N1CCC(CCS(=O)(=O)c2ccc(-c3nnc(-c4ccoc4)nn3)cc2)CC1. The van der Waals surface area contributed by atoms with E-state index in [1.165, 1.54) is 36.8 Å². The largest absolute Gasteiger partial charge is 0.472 e. The normalized spacial score (nSPS) is 15.4. The van der Waals surface area contributed by atoms with Gasteiger partial charge in [0.2, 0.25) is 11.6 Å². The molecule has 0 radical (unpaired) electrons. The van der Waals surface area contributed by atoms with Crippen LogP contribution in [0.25, 0.3) is 22.8 Å². The van der Waals surface area contributed by atoms with E-state index in [1.54, 1.807) is 6.07 Å². The number of aromatic nitrogens is 4. The number of nitrogens with zero attached hydrogens (tertiary/aromatic N) is 5. The molecule has 1 aromatic carbocycles. The molecule has 1 amide bonds. The molecule has 0 aliphatic carbocycles. The van der Waals surface area contributed by atoms with Gasteiger partial charge in [-0.2, -0.15) is 26.3 Å². The van der Waals surface area contributed by atoms with Crippen LogP contribution in [0.5, 0.6) is 0 Å². The van der Waals surface area contributed by atoms with E-state index in [0.29, 0.717) is 11.1 Å². The molecular formula is C23H21F6N5O5S. The second kappa shape index (κ2) is 11.4. The number of hydrogen-bond donors (Lipinski definition) is 0. The first-order chi connectivity index (χ1) is 18.7. The highest BCUT2D eigenvalue weighted by atomic mass is 32.2. The van der Waals surface area contributed by atoms with Crippen LogP contribution in [-0.2, 0) is 14.6 Å². The molecule has 4 rings (SSSR count). The van der Waals surface area contributed by atoms with Crippen LogP contribution in [0.1, 0.15) is 19.3 Å². The third kappa shape index (κ3) is 7.05. The minimum atomic E-state index is -5.80. The van der Waals surface area contributed by atoms with E-state index in [4.69, 9.17) is 4.42 Å². The topological polar surface area (TPSA) is 128 Å². The van der Waals surface area contributed by atoms with E-state index in [1.807, 2.05) is 0 Å². The highest BCUT2D eigenvalue weighted by Gasteiger charge is 2.60. The van der Waals surface area contributed by atoms with Crippen LogP contribution in [0.3, 0.4) is 0 Å². The van der Waals surface area contributed by atoms with Gasteiger partial charge in [0.1, 0.15) is 6.26 Å². The quantitative estimate of drug-likeness (QED) is 0.358. The molecule has 10 nitrogen and oxygen atoms in total. The number of benzene rings is 1. The summed E-state index contributed by atoms with van der Waals surface area (Å²) in [5, 5.41) is 15.9. The summed E-state index contributed by atoms with van der Waals surface area (Å²) in [6, 6.07) is 7.41. The molecule has 3 heterocycles. The predicted octanol–water partition coefficient (Wildman–Crippen LogP) is 4.70. The van der Waals surface area contributed by atoms with Gasteiger partial charge in [-0.3, -0.25) is 0 Å². The van der Waals surface area contributed by atoms with Crippen molar-refractivity contribution in [3.8, 4) is 22.8 Å². The Morgan fingerprint density at radius 1 is 0.925 bits per heavy atom. The summed E-state index contributed by atoms with van der Waals surface area (Å²) in [6.07, 6.45) is -14.1. The molecule has 1 saturated heterocycles. The molecule has 0 N–H and O–H groups in total. The standard InChI is InChI=1S/C23H21F6N5O5S/c24-22(25,26)20(23(27,28)29)39-21(35)34-9-5-14(6-10-34)8-12-40(36,37)17-3-1-15(2-4-17)18-30-32-19(33-31-18)16-7-11-38-13-16/h1-4,7,11,13-14,20H,5-6,8-10,12H2. The van der Waals surface area contributed by atoms with E-state index in [2.05, 4.69) is 25.1 Å². The maximum Gasteiger partial charge on any atom is 0.434 e. The zero-order valence-corrected chi connectivity index (χ0v) is 21.2. The fourth-order valence-corrected chi connectivity index (χ4v) is 5.43. The van der Waals surface area contributed by atoms with Crippen molar-refractivity contribution in [1.82, 2.24) is 25.3 Å². The monoisotopic (exact) mass is 593 g/mol. The lowest BCUT2D eigenvalue weighted by molar-refractivity contribution is -0.308. The van der Waals surface area contributed by atoms with Crippen LogP contribution in [-0.4, -0.2) is 77.1 Å².